The smallest absolute Gasteiger partial charge is 0.314 e. The van der Waals surface area contributed by atoms with Crippen molar-refractivity contribution in [2.45, 2.75) is 32.6 Å². The number of carbonyl (C=O) groups excluding carboxylic acids is 1. The first-order valence-corrected chi connectivity index (χ1v) is 10.5. The Morgan fingerprint density at radius 3 is 2.64 bits per heavy atom. The van der Waals surface area contributed by atoms with Gasteiger partial charge in [-0.1, -0.05) is 6.92 Å². The predicted octanol–water partition coefficient (Wildman–Crippen LogP) is 3.21. The molecule has 2 aliphatic heterocycles. The van der Waals surface area contributed by atoms with Gasteiger partial charge in [0.1, 0.15) is 0 Å². The Balaban J connectivity index is 1.28. The molecule has 0 aromatic heterocycles. The van der Waals surface area contributed by atoms with Gasteiger partial charge in [0.05, 0.1) is 0 Å². The number of nitrogens with one attached hydrogen (secondary N) is 2. The summed E-state index contributed by atoms with van der Waals surface area (Å²) in [6, 6.07) is 3.87. The number of carbonyl (C=O) groups is 1. The molecule has 0 aliphatic carbocycles. The Kier molecular flexibility index (Phi) is 7.48. The van der Waals surface area contributed by atoms with E-state index in [1.54, 1.807) is 6.07 Å². The maximum atomic E-state index is 13.4. The highest BCUT2D eigenvalue weighted by atomic mass is 19.2. The third-order valence-corrected chi connectivity index (χ3v) is 5.92. The maximum Gasteiger partial charge on any atom is 0.314 e. The van der Waals surface area contributed by atoms with Gasteiger partial charge in [-0.15, -0.1) is 0 Å². The zero-order valence-corrected chi connectivity index (χ0v) is 16.7. The van der Waals surface area contributed by atoms with Crippen LogP contribution in [0.4, 0.5) is 19.3 Å². The summed E-state index contributed by atoms with van der Waals surface area (Å²) in [5, 5.41) is 5.87. The summed E-state index contributed by atoms with van der Waals surface area (Å²) in [7, 11) is 0. The molecule has 3 rings (SSSR count). The largest absolute Gasteiger partial charge is 0.371 e. The average molecular weight is 395 g/mol. The van der Waals surface area contributed by atoms with Crippen molar-refractivity contribution >= 4 is 11.7 Å². The second-order valence-electron chi connectivity index (χ2n) is 8.21. The van der Waals surface area contributed by atoms with Crippen molar-refractivity contribution in [2.24, 2.45) is 11.8 Å². The van der Waals surface area contributed by atoms with E-state index in [2.05, 4.69) is 22.5 Å². The van der Waals surface area contributed by atoms with Crippen LogP contribution in [0.5, 0.6) is 0 Å². The van der Waals surface area contributed by atoms with Crippen LogP contribution in [0.2, 0.25) is 0 Å². The minimum absolute atomic E-state index is 0.126. The minimum atomic E-state index is -0.826. The van der Waals surface area contributed by atoms with Crippen molar-refractivity contribution in [3.8, 4) is 0 Å². The van der Waals surface area contributed by atoms with Crippen LogP contribution in [0, 0.1) is 23.5 Å². The third-order valence-electron chi connectivity index (χ3n) is 5.92. The van der Waals surface area contributed by atoms with E-state index in [1.165, 1.54) is 32.0 Å². The van der Waals surface area contributed by atoms with Crippen molar-refractivity contribution in [2.75, 3.05) is 50.7 Å². The Morgan fingerprint density at radius 1 is 1.11 bits per heavy atom. The molecule has 0 spiro atoms. The molecule has 2 heterocycles. The second kappa shape index (κ2) is 10.0. The van der Waals surface area contributed by atoms with Gasteiger partial charge in [0, 0.05) is 37.9 Å². The lowest BCUT2D eigenvalue weighted by molar-refractivity contribution is 0.190. The van der Waals surface area contributed by atoms with Crippen LogP contribution >= 0.6 is 0 Å². The molecule has 1 atom stereocenters. The molecule has 1 aromatic carbocycles. The number of hydrogen-bond donors (Lipinski definition) is 2. The first-order valence-electron chi connectivity index (χ1n) is 10.5. The summed E-state index contributed by atoms with van der Waals surface area (Å²) < 4.78 is 26.5. The van der Waals surface area contributed by atoms with Gasteiger partial charge in [-0.05, 0) is 69.3 Å². The lowest BCUT2D eigenvalue weighted by Crippen LogP contribution is -2.40. The number of urea groups is 1. The summed E-state index contributed by atoms with van der Waals surface area (Å²) in [5.41, 5.74) is 0.693. The molecule has 0 radical (unpaired) electrons. The van der Waals surface area contributed by atoms with E-state index >= 15 is 0 Å². The molecule has 2 fully saturated rings. The van der Waals surface area contributed by atoms with Crippen LogP contribution in [-0.2, 0) is 0 Å². The second-order valence-corrected chi connectivity index (χ2v) is 8.21. The predicted molar refractivity (Wildman–Crippen MR) is 108 cm³/mol. The van der Waals surface area contributed by atoms with Crippen LogP contribution in [0.3, 0.4) is 0 Å². The van der Waals surface area contributed by atoms with Gasteiger partial charge in [0.25, 0.3) is 0 Å². The normalized spacial score (nSPS) is 21.1. The molecule has 2 aliphatic rings. The van der Waals surface area contributed by atoms with Crippen LogP contribution in [-0.4, -0.2) is 56.7 Å². The van der Waals surface area contributed by atoms with Crippen LogP contribution in [0.1, 0.15) is 32.6 Å². The molecule has 28 heavy (non-hydrogen) atoms. The van der Waals surface area contributed by atoms with Gasteiger partial charge in [-0.2, -0.15) is 0 Å². The molecule has 7 heteroatoms. The SMILES string of the molecule is CC1CCN(CCCNC(=O)NC[C@H]2CCN(c3ccc(F)c(F)c3)C2)CC1. The Hall–Kier alpha value is -1.89. The highest BCUT2D eigenvalue weighted by Gasteiger charge is 2.23. The lowest BCUT2D eigenvalue weighted by atomic mass is 9.99. The summed E-state index contributed by atoms with van der Waals surface area (Å²) in [6.45, 7) is 8.49. The average Bonchev–Trinajstić information content (AvgIpc) is 3.16. The molecule has 5 nitrogen and oxygen atoms in total. The van der Waals surface area contributed by atoms with Crippen molar-refractivity contribution in [3.63, 3.8) is 0 Å². The number of hydrogen-bond acceptors (Lipinski definition) is 3. The number of nitrogens with zero attached hydrogens (tertiary/aromatic N) is 2. The first-order chi connectivity index (χ1) is 13.5. The Bertz CT molecular complexity index is 649. The van der Waals surface area contributed by atoms with Crippen molar-refractivity contribution < 1.29 is 13.6 Å². The van der Waals surface area contributed by atoms with E-state index in [9.17, 15) is 13.6 Å². The van der Waals surface area contributed by atoms with E-state index in [-0.39, 0.29) is 6.03 Å². The van der Waals surface area contributed by atoms with Gasteiger partial charge < -0.3 is 20.4 Å². The molecular weight excluding hydrogens is 362 g/mol. The highest BCUT2D eigenvalue weighted by molar-refractivity contribution is 5.73. The van der Waals surface area contributed by atoms with E-state index in [1.807, 2.05) is 4.90 Å². The van der Waals surface area contributed by atoms with Crippen LogP contribution in [0.15, 0.2) is 18.2 Å². The fourth-order valence-electron chi connectivity index (χ4n) is 4.01. The van der Waals surface area contributed by atoms with E-state index in [4.69, 9.17) is 0 Å². The van der Waals surface area contributed by atoms with Crippen molar-refractivity contribution in [1.29, 1.82) is 0 Å². The fourth-order valence-corrected chi connectivity index (χ4v) is 4.01. The van der Waals surface area contributed by atoms with Crippen molar-refractivity contribution in [3.05, 3.63) is 29.8 Å². The van der Waals surface area contributed by atoms with Gasteiger partial charge in [-0.3, -0.25) is 0 Å². The number of benzene rings is 1. The number of amides is 2. The number of anilines is 1. The van der Waals surface area contributed by atoms with E-state index in [0.29, 0.717) is 24.7 Å². The topological polar surface area (TPSA) is 47.6 Å². The molecule has 2 N–H and O–H groups in total. The molecule has 2 amide bonds. The number of halogens is 2. The molecule has 1 aromatic rings. The molecule has 0 unspecified atom stereocenters. The summed E-state index contributed by atoms with van der Waals surface area (Å²) in [6.07, 6.45) is 4.44. The monoisotopic (exact) mass is 394 g/mol. The summed E-state index contributed by atoms with van der Waals surface area (Å²) in [4.78, 5) is 16.5. The maximum absolute atomic E-state index is 13.4. The minimum Gasteiger partial charge on any atom is -0.371 e. The standard InChI is InChI=1S/C21H32F2N4O/c1-16-5-10-26(11-6-16)9-2-8-24-21(28)25-14-17-7-12-27(15-17)18-3-4-19(22)20(23)13-18/h3-4,13,16-17H,2,5-12,14-15H2,1H3,(H2,24,25,28)/t17-/m1/s1. The van der Waals surface area contributed by atoms with Gasteiger partial charge in [0.15, 0.2) is 11.6 Å². The summed E-state index contributed by atoms with van der Waals surface area (Å²) in [5.74, 6) is -0.492. The third kappa shape index (κ3) is 6.06. The molecule has 0 bridgehead atoms. The molecular formula is C21H32F2N4O. The van der Waals surface area contributed by atoms with Crippen LogP contribution in [0.25, 0.3) is 0 Å². The van der Waals surface area contributed by atoms with E-state index in [0.717, 1.165) is 44.5 Å². The lowest BCUT2D eigenvalue weighted by Gasteiger charge is -2.30. The quantitative estimate of drug-likeness (QED) is 0.698. The van der Waals surface area contributed by atoms with Crippen molar-refractivity contribution in [1.82, 2.24) is 15.5 Å². The fraction of sp³-hybridized carbons (Fsp3) is 0.667. The summed E-state index contributed by atoms with van der Waals surface area (Å²) >= 11 is 0. The molecule has 2 saturated heterocycles. The zero-order chi connectivity index (χ0) is 19.9. The highest BCUT2D eigenvalue weighted by Crippen LogP contribution is 2.25. The Morgan fingerprint density at radius 2 is 1.89 bits per heavy atom. The van der Waals surface area contributed by atoms with Crippen LogP contribution < -0.4 is 15.5 Å². The van der Waals surface area contributed by atoms with E-state index < -0.39 is 11.6 Å². The van der Waals surface area contributed by atoms with Gasteiger partial charge in [-0.25, -0.2) is 13.6 Å². The number of piperidine rings is 1. The number of rotatable bonds is 7. The molecule has 0 saturated carbocycles. The molecule has 156 valence electrons. The Labute approximate surface area is 166 Å². The number of likely N-dealkylation sites (tertiary alicyclic amines) is 1. The van der Waals surface area contributed by atoms with Gasteiger partial charge in [0.2, 0.25) is 0 Å². The zero-order valence-electron chi connectivity index (χ0n) is 16.7. The van der Waals surface area contributed by atoms with Gasteiger partial charge >= 0.3 is 6.03 Å². The first kappa shape index (κ1) is 20.8.